The first-order valence-corrected chi connectivity index (χ1v) is 7.86. The third-order valence-electron chi connectivity index (χ3n) is 3.68. The fourth-order valence-corrected chi connectivity index (χ4v) is 3.53. The fraction of sp³-hybridized carbons (Fsp3) is 0.357. The van der Waals surface area contributed by atoms with Crippen LogP contribution in [-0.4, -0.2) is 18.6 Å². The minimum absolute atomic E-state index is 0.147. The van der Waals surface area contributed by atoms with E-state index < -0.39 is 0 Å². The number of ether oxygens (including phenoxy) is 1. The topological polar surface area (TPSA) is 48.1 Å². The minimum atomic E-state index is 0.147. The van der Waals surface area contributed by atoms with Crippen molar-refractivity contribution in [3.8, 4) is 16.3 Å². The van der Waals surface area contributed by atoms with Gasteiger partial charge >= 0.3 is 0 Å². The summed E-state index contributed by atoms with van der Waals surface area (Å²) in [6.07, 6.45) is 2.31. The first-order valence-electron chi connectivity index (χ1n) is 6.18. The Morgan fingerprint density at radius 2 is 2.26 bits per heavy atom. The summed E-state index contributed by atoms with van der Waals surface area (Å²) in [4.78, 5) is 4.77. The molecule has 3 nitrogen and oxygen atoms in total. The summed E-state index contributed by atoms with van der Waals surface area (Å²) in [6, 6.07) is 5.97. The molecule has 1 aromatic carbocycles. The van der Waals surface area contributed by atoms with Crippen LogP contribution in [-0.2, 0) is 5.41 Å². The Morgan fingerprint density at radius 1 is 1.47 bits per heavy atom. The van der Waals surface area contributed by atoms with Crippen molar-refractivity contribution < 1.29 is 4.74 Å². The predicted octanol–water partition coefficient (Wildman–Crippen LogP) is 3.57. The minimum Gasteiger partial charge on any atom is -0.496 e. The van der Waals surface area contributed by atoms with E-state index in [1.165, 1.54) is 0 Å². The molecule has 1 heterocycles. The van der Waals surface area contributed by atoms with E-state index in [9.17, 15) is 0 Å². The molecule has 0 aliphatic heterocycles. The highest BCUT2D eigenvalue weighted by Crippen LogP contribution is 2.48. The van der Waals surface area contributed by atoms with Crippen molar-refractivity contribution in [1.82, 2.24) is 4.98 Å². The molecule has 0 amide bonds. The highest BCUT2D eigenvalue weighted by molar-refractivity contribution is 9.10. The van der Waals surface area contributed by atoms with Crippen LogP contribution in [0.3, 0.4) is 0 Å². The third kappa shape index (κ3) is 2.30. The number of thiazole rings is 1. The molecule has 2 N–H and O–H groups in total. The molecule has 0 radical (unpaired) electrons. The molecule has 3 rings (SSSR count). The first-order chi connectivity index (χ1) is 9.18. The van der Waals surface area contributed by atoms with Crippen LogP contribution >= 0.6 is 27.3 Å². The molecule has 100 valence electrons. The molecular weight excluding hydrogens is 324 g/mol. The van der Waals surface area contributed by atoms with Gasteiger partial charge in [-0.2, -0.15) is 0 Å². The molecule has 19 heavy (non-hydrogen) atoms. The van der Waals surface area contributed by atoms with Crippen LogP contribution in [0.4, 0.5) is 0 Å². The number of nitrogens with zero attached hydrogens (tertiary/aromatic N) is 1. The Kier molecular flexibility index (Phi) is 3.37. The Hall–Kier alpha value is -0.910. The summed E-state index contributed by atoms with van der Waals surface area (Å²) in [6.45, 7) is 0.686. The molecule has 1 fully saturated rings. The maximum absolute atomic E-state index is 5.86. The lowest BCUT2D eigenvalue weighted by Gasteiger charge is -2.08. The molecule has 1 aliphatic rings. The van der Waals surface area contributed by atoms with Gasteiger partial charge < -0.3 is 10.5 Å². The lowest BCUT2D eigenvalue weighted by atomic mass is 10.0. The van der Waals surface area contributed by atoms with Crippen molar-refractivity contribution in [2.75, 3.05) is 13.7 Å². The van der Waals surface area contributed by atoms with Crippen molar-refractivity contribution in [3.63, 3.8) is 0 Å². The monoisotopic (exact) mass is 338 g/mol. The summed E-state index contributed by atoms with van der Waals surface area (Å²) in [5.74, 6) is 0.849. The molecule has 0 unspecified atom stereocenters. The number of rotatable bonds is 4. The highest BCUT2D eigenvalue weighted by Gasteiger charge is 2.44. The zero-order valence-corrected chi connectivity index (χ0v) is 13.1. The number of nitrogens with two attached hydrogens (primary N) is 1. The van der Waals surface area contributed by atoms with E-state index in [1.54, 1.807) is 18.4 Å². The Bertz CT molecular complexity index is 607. The van der Waals surface area contributed by atoms with Crippen LogP contribution in [0.15, 0.2) is 28.1 Å². The Balaban J connectivity index is 2.01. The summed E-state index contributed by atoms with van der Waals surface area (Å²) < 4.78 is 6.44. The van der Waals surface area contributed by atoms with Gasteiger partial charge in [-0.1, -0.05) is 15.9 Å². The summed E-state index contributed by atoms with van der Waals surface area (Å²) in [7, 11) is 1.68. The molecule has 0 atom stereocenters. The van der Waals surface area contributed by atoms with Gasteiger partial charge in [0.1, 0.15) is 10.8 Å². The molecule has 1 aromatic heterocycles. The molecule has 0 bridgehead atoms. The molecule has 0 saturated heterocycles. The second-order valence-electron chi connectivity index (χ2n) is 4.87. The van der Waals surface area contributed by atoms with Gasteiger partial charge in [0.2, 0.25) is 0 Å². The molecule has 1 saturated carbocycles. The van der Waals surface area contributed by atoms with Crippen LogP contribution in [0, 0.1) is 0 Å². The van der Waals surface area contributed by atoms with Crippen LogP contribution in [0.25, 0.3) is 10.6 Å². The summed E-state index contributed by atoms with van der Waals surface area (Å²) in [5, 5.41) is 3.13. The molecule has 0 spiro atoms. The normalized spacial score (nSPS) is 16.4. The van der Waals surface area contributed by atoms with Crippen LogP contribution in [0.1, 0.15) is 18.5 Å². The third-order valence-corrected chi connectivity index (χ3v) is 5.05. The van der Waals surface area contributed by atoms with E-state index in [2.05, 4.69) is 21.3 Å². The van der Waals surface area contributed by atoms with Gasteiger partial charge in [-0.25, -0.2) is 4.98 Å². The first kappa shape index (κ1) is 13.1. The van der Waals surface area contributed by atoms with Crippen molar-refractivity contribution in [2.45, 2.75) is 18.3 Å². The number of hydrogen-bond donors (Lipinski definition) is 1. The van der Waals surface area contributed by atoms with Gasteiger partial charge in [-0.3, -0.25) is 0 Å². The smallest absolute Gasteiger partial charge is 0.129 e. The largest absolute Gasteiger partial charge is 0.496 e. The quantitative estimate of drug-likeness (QED) is 0.926. The Labute approximate surface area is 124 Å². The molecule has 1 aliphatic carbocycles. The number of hydrogen-bond acceptors (Lipinski definition) is 4. The zero-order chi connectivity index (χ0) is 13.5. The summed E-state index contributed by atoms with van der Waals surface area (Å²) >= 11 is 5.15. The lowest BCUT2D eigenvalue weighted by Crippen LogP contribution is -2.19. The number of aromatic nitrogens is 1. The maximum atomic E-state index is 5.86. The van der Waals surface area contributed by atoms with Crippen molar-refractivity contribution in [2.24, 2.45) is 5.73 Å². The van der Waals surface area contributed by atoms with Crippen LogP contribution < -0.4 is 10.5 Å². The van der Waals surface area contributed by atoms with Crippen LogP contribution in [0.2, 0.25) is 0 Å². The molecular formula is C14H15BrN2OS. The molecule has 2 aromatic rings. The second kappa shape index (κ2) is 4.89. The highest BCUT2D eigenvalue weighted by atomic mass is 79.9. The number of halogens is 1. The van der Waals surface area contributed by atoms with Gasteiger partial charge in [-0.05, 0) is 31.0 Å². The van der Waals surface area contributed by atoms with Gasteiger partial charge in [0.25, 0.3) is 0 Å². The standard InChI is InChI=1S/C14H15BrN2OS/c1-18-11-3-2-9(15)6-10(11)13-17-12(7-19-13)14(8-16)4-5-14/h2-3,6-7H,4-5,8,16H2,1H3. The Morgan fingerprint density at radius 3 is 2.89 bits per heavy atom. The number of methoxy groups -OCH3 is 1. The zero-order valence-electron chi connectivity index (χ0n) is 10.6. The van der Waals surface area contributed by atoms with E-state index in [-0.39, 0.29) is 5.41 Å². The van der Waals surface area contributed by atoms with Gasteiger partial charge in [0.15, 0.2) is 0 Å². The average Bonchev–Trinajstić information content (AvgIpc) is 3.08. The van der Waals surface area contributed by atoms with Gasteiger partial charge in [-0.15, -0.1) is 11.3 Å². The van der Waals surface area contributed by atoms with Gasteiger partial charge in [0.05, 0.1) is 18.4 Å². The van der Waals surface area contributed by atoms with Gasteiger partial charge in [0, 0.05) is 21.8 Å². The fourth-order valence-electron chi connectivity index (χ4n) is 2.20. The number of benzene rings is 1. The predicted molar refractivity (Wildman–Crippen MR) is 81.8 cm³/mol. The maximum Gasteiger partial charge on any atom is 0.129 e. The van der Waals surface area contributed by atoms with Crippen molar-refractivity contribution >= 4 is 27.3 Å². The van der Waals surface area contributed by atoms with E-state index in [4.69, 9.17) is 15.5 Å². The van der Waals surface area contributed by atoms with Crippen molar-refractivity contribution in [1.29, 1.82) is 0 Å². The SMILES string of the molecule is COc1ccc(Br)cc1-c1nc(C2(CN)CC2)cs1. The second-order valence-corrected chi connectivity index (χ2v) is 6.64. The molecule has 5 heteroatoms. The van der Waals surface area contributed by atoms with E-state index in [0.29, 0.717) is 6.54 Å². The van der Waals surface area contributed by atoms with Crippen LogP contribution in [0.5, 0.6) is 5.75 Å². The van der Waals surface area contributed by atoms with E-state index in [1.807, 2.05) is 18.2 Å². The summed E-state index contributed by atoms with van der Waals surface area (Å²) in [5.41, 5.74) is 8.17. The average molecular weight is 339 g/mol. The van der Waals surface area contributed by atoms with Crippen molar-refractivity contribution in [3.05, 3.63) is 33.7 Å². The lowest BCUT2D eigenvalue weighted by molar-refractivity contribution is 0.416. The van der Waals surface area contributed by atoms with E-state index in [0.717, 1.165) is 39.3 Å². The van der Waals surface area contributed by atoms with E-state index >= 15 is 0 Å².